The van der Waals surface area contributed by atoms with Crippen molar-refractivity contribution in [2.45, 2.75) is 20.4 Å². The number of pyridine rings is 1. The fourth-order valence-electron chi connectivity index (χ4n) is 3.15. The molecule has 2 aromatic heterocycles. The van der Waals surface area contributed by atoms with Gasteiger partial charge in [0.2, 0.25) is 5.69 Å². The molecule has 108 valence electrons. The molecule has 0 atom stereocenters. The minimum Gasteiger partial charge on any atom is -0.199 e. The van der Waals surface area contributed by atoms with Gasteiger partial charge in [-0.1, -0.05) is 18.2 Å². The molecule has 0 saturated carbocycles. The second-order valence-electron chi connectivity index (χ2n) is 5.63. The number of hydrogen-bond acceptors (Lipinski definition) is 1. The molecule has 0 radical (unpaired) electrons. The van der Waals surface area contributed by atoms with Gasteiger partial charge in [-0.15, -0.1) is 11.3 Å². The zero-order chi connectivity index (χ0) is 15.1. The maximum atomic E-state index is 2.37. The molecule has 0 fully saturated rings. The Bertz CT molecular complexity index is 982. The molecule has 0 amide bonds. The van der Waals surface area contributed by atoms with Gasteiger partial charge in [-0.3, -0.25) is 0 Å². The fourth-order valence-corrected chi connectivity index (χ4v) is 4.33. The summed E-state index contributed by atoms with van der Waals surface area (Å²) >= 11 is 1.88. The normalized spacial score (nSPS) is 11.4. The third kappa shape index (κ3) is 2.03. The number of thiophene rings is 1. The standard InChI is InChI=1S/C20H18NS/c1-3-21-11-7-6-9-18(21)16-13-17-15-8-4-5-10-19(15)22-20(17)12-14(16)2/h4-13H,3H2,1-2H3/q+1. The van der Waals surface area contributed by atoms with Gasteiger partial charge >= 0.3 is 0 Å². The largest absolute Gasteiger partial charge is 0.212 e. The number of nitrogens with zero attached hydrogens (tertiary/aromatic N) is 1. The Morgan fingerprint density at radius 1 is 0.909 bits per heavy atom. The number of aromatic nitrogens is 1. The molecular weight excluding hydrogens is 286 g/mol. The molecule has 2 aromatic carbocycles. The van der Waals surface area contributed by atoms with Crippen molar-refractivity contribution >= 4 is 31.5 Å². The van der Waals surface area contributed by atoms with Gasteiger partial charge in [0, 0.05) is 37.9 Å². The summed E-state index contributed by atoms with van der Waals surface area (Å²) in [5, 5.41) is 2.73. The summed E-state index contributed by atoms with van der Waals surface area (Å²) in [6.45, 7) is 5.39. The molecular formula is C20H18NS+. The Kier molecular flexibility index (Phi) is 3.20. The highest BCUT2D eigenvalue weighted by Crippen LogP contribution is 2.37. The summed E-state index contributed by atoms with van der Waals surface area (Å²) in [6.07, 6.45) is 2.16. The zero-order valence-electron chi connectivity index (χ0n) is 12.8. The van der Waals surface area contributed by atoms with Gasteiger partial charge in [-0.25, -0.2) is 0 Å². The first-order chi connectivity index (χ1) is 10.8. The maximum Gasteiger partial charge on any atom is 0.212 e. The van der Waals surface area contributed by atoms with Crippen molar-refractivity contribution in [3.63, 3.8) is 0 Å². The third-order valence-electron chi connectivity index (χ3n) is 4.28. The van der Waals surface area contributed by atoms with Crippen LogP contribution in [0.5, 0.6) is 0 Å². The smallest absolute Gasteiger partial charge is 0.199 e. The summed E-state index contributed by atoms with van der Waals surface area (Å²) in [7, 11) is 0. The SMILES string of the molecule is CC[n+]1ccccc1-c1cc2c(cc1C)sc1ccccc12. The van der Waals surface area contributed by atoms with E-state index < -0.39 is 0 Å². The van der Waals surface area contributed by atoms with Crippen LogP contribution in [0.15, 0.2) is 60.8 Å². The summed E-state index contributed by atoms with van der Waals surface area (Å²) in [6, 6.07) is 19.8. The van der Waals surface area contributed by atoms with Gasteiger partial charge in [0.1, 0.15) is 6.54 Å². The van der Waals surface area contributed by atoms with Crippen LogP contribution in [-0.2, 0) is 6.54 Å². The van der Waals surface area contributed by atoms with Gasteiger partial charge in [0.15, 0.2) is 6.20 Å². The van der Waals surface area contributed by atoms with Crippen molar-refractivity contribution in [3.8, 4) is 11.3 Å². The van der Waals surface area contributed by atoms with E-state index in [4.69, 9.17) is 0 Å². The van der Waals surface area contributed by atoms with E-state index in [9.17, 15) is 0 Å². The molecule has 0 aliphatic heterocycles. The highest BCUT2D eigenvalue weighted by molar-refractivity contribution is 7.25. The van der Waals surface area contributed by atoms with Gasteiger partial charge in [0.05, 0.1) is 0 Å². The summed E-state index contributed by atoms with van der Waals surface area (Å²) < 4.78 is 5.05. The summed E-state index contributed by atoms with van der Waals surface area (Å²) in [5.41, 5.74) is 3.96. The van der Waals surface area contributed by atoms with Crippen LogP contribution in [0.1, 0.15) is 12.5 Å². The van der Waals surface area contributed by atoms with Crippen molar-refractivity contribution in [1.29, 1.82) is 0 Å². The number of hydrogen-bond donors (Lipinski definition) is 0. The van der Waals surface area contributed by atoms with Crippen LogP contribution < -0.4 is 4.57 Å². The predicted molar refractivity (Wildman–Crippen MR) is 95.4 cm³/mol. The van der Waals surface area contributed by atoms with E-state index in [1.807, 2.05) is 11.3 Å². The summed E-state index contributed by atoms with van der Waals surface area (Å²) in [5.74, 6) is 0. The van der Waals surface area contributed by atoms with Crippen LogP contribution in [0.2, 0.25) is 0 Å². The molecule has 4 aromatic rings. The number of benzene rings is 2. The van der Waals surface area contributed by atoms with Crippen LogP contribution in [0, 0.1) is 6.92 Å². The molecule has 2 heteroatoms. The highest BCUT2D eigenvalue weighted by atomic mass is 32.1. The van der Waals surface area contributed by atoms with Crippen molar-refractivity contribution in [3.05, 3.63) is 66.4 Å². The van der Waals surface area contributed by atoms with E-state index in [-0.39, 0.29) is 0 Å². The van der Waals surface area contributed by atoms with E-state index in [1.54, 1.807) is 0 Å². The van der Waals surface area contributed by atoms with Crippen molar-refractivity contribution < 1.29 is 4.57 Å². The molecule has 0 N–H and O–H groups in total. The van der Waals surface area contributed by atoms with Crippen LogP contribution in [0.25, 0.3) is 31.4 Å². The van der Waals surface area contributed by atoms with Crippen molar-refractivity contribution in [2.75, 3.05) is 0 Å². The molecule has 4 rings (SSSR count). The number of fused-ring (bicyclic) bond motifs is 3. The zero-order valence-corrected chi connectivity index (χ0v) is 13.7. The Hall–Kier alpha value is -2.19. The van der Waals surface area contributed by atoms with E-state index in [2.05, 4.69) is 79.2 Å². The Labute approximate surface area is 134 Å². The lowest BCUT2D eigenvalue weighted by Gasteiger charge is -2.06. The molecule has 0 aliphatic carbocycles. The molecule has 0 unspecified atom stereocenters. The van der Waals surface area contributed by atoms with Crippen LogP contribution >= 0.6 is 11.3 Å². The molecule has 1 nitrogen and oxygen atoms in total. The maximum absolute atomic E-state index is 2.37. The molecule has 0 spiro atoms. The molecule has 0 aliphatic rings. The molecule has 0 bridgehead atoms. The lowest BCUT2D eigenvalue weighted by atomic mass is 10.0. The Balaban J connectivity index is 2.06. The first kappa shape index (κ1) is 13.5. The average Bonchev–Trinajstić information content (AvgIpc) is 2.91. The van der Waals surface area contributed by atoms with E-state index in [1.165, 1.54) is 37.0 Å². The van der Waals surface area contributed by atoms with Gasteiger partial charge in [-0.05, 0) is 43.7 Å². The topological polar surface area (TPSA) is 3.88 Å². The van der Waals surface area contributed by atoms with Crippen molar-refractivity contribution in [2.24, 2.45) is 0 Å². The third-order valence-corrected chi connectivity index (χ3v) is 5.41. The lowest BCUT2D eigenvalue weighted by Crippen LogP contribution is -2.34. The van der Waals surface area contributed by atoms with E-state index in [0.29, 0.717) is 0 Å². The molecule has 0 saturated heterocycles. The van der Waals surface area contributed by atoms with E-state index >= 15 is 0 Å². The van der Waals surface area contributed by atoms with Crippen LogP contribution in [0.3, 0.4) is 0 Å². The monoisotopic (exact) mass is 304 g/mol. The lowest BCUT2D eigenvalue weighted by molar-refractivity contribution is -0.682. The number of aryl methyl sites for hydroxylation is 2. The first-order valence-electron chi connectivity index (χ1n) is 7.68. The average molecular weight is 304 g/mol. The van der Waals surface area contributed by atoms with Crippen LogP contribution in [0.4, 0.5) is 0 Å². The fraction of sp³-hybridized carbons (Fsp3) is 0.150. The minimum atomic E-state index is 0.984. The molecule has 2 heterocycles. The highest BCUT2D eigenvalue weighted by Gasteiger charge is 2.15. The minimum absolute atomic E-state index is 0.984. The first-order valence-corrected chi connectivity index (χ1v) is 8.50. The van der Waals surface area contributed by atoms with Crippen LogP contribution in [-0.4, -0.2) is 0 Å². The van der Waals surface area contributed by atoms with Gasteiger partial charge in [-0.2, -0.15) is 4.57 Å². The van der Waals surface area contributed by atoms with Crippen molar-refractivity contribution in [1.82, 2.24) is 0 Å². The van der Waals surface area contributed by atoms with Gasteiger partial charge in [0.25, 0.3) is 0 Å². The Morgan fingerprint density at radius 3 is 2.59 bits per heavy atom. The van der Waals surface area contributed by atoms with Gasteiger partial charge < -0.3 is 0 Å². The predicted octanol–water partition coefficient (Wildman–Crippen LogP) is 5.34. The number of rotatable bonds is 2. The molecule has 22 heavy (non-hydrogen) atoms. The summed E-state index contributed by atoms with van der Waals surface area (Å²) in [4.78, 5) is 0. The second-order valence-corrected chi connectivity index (χ2v) is 6.72. The van der Waals surface area contributed by atoms with E-state index in [0.717, 1.165) is 6.54 Å². The second kappa shape index (κ2) is 5.22. The quantitative estimate of drug-likeness (QED) is 0.440. The Morgan fingerprint density at radius 2 is 1.73 bits per heavy atom.